The third kappa shape index (κ3) is 5.66. The molecule has 22 heavy (non-hydrogen) atoms. The van der Waals surface area contributed by atoms with E-state index in [1.165, 1.54) is 23.9 Å². The van der Waals surface area contributed by atoms with Crippen molar-refractivity contribution in [3.63, 3.8) is 0 Å². The summed E-state index contributed by atoms with van der Waals surface area (Å²) < 4.78 is 5.69. The van der Waals surface area contributed by atoms with Crippen molar-refractivity contribution in [2.24, 2.45) is 10.9 Å². The van der Waals surface area contributed by atoms with Crippen molar-refractivity contribution in [2.45, 2.75) is 20.3 Å². The molecule has 2 N–H and O–H groups in total. The molecule has 0 saturated carbocycles. The molecule has 0 aliphatic heterocycles. The Labute approximate surface area is 134 Å². The number of aromatic carboxylic acids is 1. The lowest BCUT2D eigenvalue weighted by atomic mass is 10.1. The quantitative estimate of drug-likeness (QED) is 0.361. The zero-order valence-electron chi connectivity index (χ0n) is 12.8. The molecule has 0 aliphatic rings. The molecule has 0 spiro atoms. The number of rotatable bonds is 6. The van der Waals surface area contributed by atoms with Gasteiger partial charge in [-0.05, 0) is 36.8 Å². The highest BCUT2D eigenvalue weighted by Gasteiger charge is 2.10. The average Bonchev–Trinajstić information content (AvgIpc) is 2.47. The van der Waals surface area contributed by atoms with E-state index in [1.54, 1.807) is 18.5 Å². The van der Waals surface area contributed by atoms with Gasteiger partial charge in [0.25, 0.3) is 0 Å². The van der Waals surface area contributed by atoms with Crippen LogP contribution in [-0.2, 0) is 0 Å². The van der Waals surface area contributed by atoms with Crippen LogP contribution in [0.15, 0.2) is 23.2 Å². The number of benzene rings is 1. The zero-order valence-corrected chi connectivity index (χ0v) is 13.6. The third-order valence-electron chi connectivity index (χ3n) is 2.74. The summed E-state index contributed by atoms with van der Waals surface area (Å²) >= 11 is 1.25. The minimum Gasteiger partial charge on any atom is -0.491 e. The number of nitrogens with one attached hydrogen (secondary N) is 1. The number of nitrogens with zero attached hydrogens (tertiary/aromatic N) is 2. The van der Waals surface area contributed by atoms with E-state index in [-0.39, 0.29) is 5.56 Å². The van der Waals surface area contributed by atoms with Crippen molar-refractivity contribution < 1.29 is 14.6 Å². The molecule has 0 fully saturated rings. The van der Waals surface area contributed by atoms with Crippen molar-refractivity contribution in [1.82, 2.24) is 5.32 Å². The number of carbonyl (C=O) groups is 1. The number of hydrogen-bond donors (Lipinski definition) is 2. The number of hydrogen-bond acceptors (Lipinski definition) is 5. The Morgan fingerprint density at radius 3 is 2.82 bits per heavy atom. The maximum Gasteiger partial charge on any atom is 0.335 e. The van der Waals surface area contributed by atoms with Gasteiger partial charge < -0.3 is 9.84 Å². The molecule has 0 unspecified atom stereocenters. The van der Waals surface area contributed by atoms with Gasteiger partial charge in [0.1, 0.15) is 11.4 Å². The summed E-state index contributed by atoms with van der Waals surface area (Å²) in [6, 6.07) is 4.50. The van der Waals surface area contributed by atoms with E-state index in [2.05, 4.69) is 24.2 Å². The Kier molecular flexibility index (Phi) is 7.26. The lowest BCUT2D eigenvalue weighted by Gasteiger charge is -2.11. The fourth-order valence-electron chi connectivity index (χ4n) is 1.55. The summed E-state index contributed by atoms with van der Waals surface area (Å²) in [6.07, 6.45) is 4.45. The molecule has 0 radical (unpaired) electrons. The van der Waals surface area contributed by atoms with Gasteiger partial charge >= 0.3 is 5.97 Å². The summed E-state index contributed by atoms with van der Waals surface area (Å²) in [5.41, 5.74) is 0.503. The minimum atomic E-state index is -1.04. The highest BCUT2D eigenvalue weighted by atomic mass is 32.2. The SMILES string of the molecule is CSC(=Nc1cc(C(=O)O)ccc1OCCC(C)C)NC#N. The predicted octanol–water partition coefficient (Wildman–Crippen LogP) is 3.23. The normalized spacial score (nSPS) is 11.1. The second kappa shape index (κ2) is 8.95. The number of carboxylic acid groups (broad SMARTS) is 1. The molecule has 7 heteroatoms. The van der Waals surface area contributed by atoms with E-state index in [0.29, 0.717) is 29.1 Å². The number of carboxylic acids is 1. The van der Waals surface area contributed by atoms with Crippen molar-refractivity contribution in [3.05, 3.63) is 23.8 Å². The van der Waals surface area contributed by atoms with Crippen LogP contribution in [0.4, 0.5) is 5.69 Å². The summed E-state index contributed by atoms with van der Waals surface area (Å²) in [6.45, 7) is 4.71. The lowest BCUT2D eigenvalue weighted by Crippen LogP contribution is -2.12. The Hall–Kier alpha value is -2.20. The van der Waals surface area contributed by atoms with Crippen molar-refractivity contribution in [1.29, 1.82) is 5.26 Å². The molecule has 6 nitrogen and oxygen atoms in total. The van der Waals surface area contributed by atoms with E-state index >= 15 is 0 Å². The molecule has 0 heterocycles. The van der Waals surface area contributed by atoms with E-state index in [9.17, 15) is 4.79 Å². The van der Waals surface area contributed by atoms with Crippen LogP contribution in [0.25, 0.3) is 0 Å². The van der Waals surface area contributed by atoms with Gasteiger partial charge in [-0.3, -0.25) is 5.32 Å². The fourth-order valence-corrected chi connectivity index (χ4v) is 1.88. The maximum absolute atomic E-state index is 11.1. The Bertz CT molecular complexity index is 594. The molecule has 0 bridgehead atoms. The highest BCUT2D eigenvalue weighted by molar-refractivity contribution is 8.13. The number of nitriles is 1. The lowest BCUT2D eigenvalue weighted by molar-refractivity contribution is 0.0697. The molecule has 1 aromatic rings. The second-order valence-corrected chi connectivity index (χ2v) is 5.67. The molecule has 0 atom stereocenters. The monoisotopic (exact) mass is 321 g/mol. The van der Waals surface area contributed by atoms with E-state index in [1.807, 2.05) is 0 Å². The smallest absolute Gasteiger partial charge is 0.335 e. The number of thioether (sulfide) groups is 1. The molecule has 0 aliphatic carbocycles. The van der Waals surface area contributed by atoms with Gasteiger partial charge in [0.2, 0.25) is 0 Å². The summed E-state index contributed by atoms with van der Waals surface area (Å²) in [7, 11) is 0. The standard InChI is InChI=1S/C15H19N3O3S/c1-10(2)6-7-21-13-5-4-11(14(19)20)8-12(13)18-15(22-3)17-9-16/h4-5,8,10H,6-7H2,1-3H3,(H,17,18)(H,19,20). The van der Waals surface area contributed by atoms with Crippen molar-refractivity contribution in [2.75, 3.05) is 12.9 Å². The van der Waals surface area contributed by atoms with Gasteiger partial charge in [-0.25, -0.2) is 9.79 Å². The van der Waals surface area contributed by atoms with Gasteiger partial charge in [-0.1, -0.05) is 25.6 Å². The molecule has 1 aromatic carbocycles. The summed E-state index contributed by atoms with van der Waals surface area (Å²) in [4.78, 5) is 15.4. The maximum atomic E-state index is 11.1. The molecule has 118 valence electrons. The first-order chi connectivity index (χ1) is 10.5. The van der Waals surface area contributed by atoms with Crippen LogP contribution in [0.1, 0.15) is 30.6 Å². The topological polar surface area (TPSA) is 94.7 Å². The first-order valence-corrected chi connectivity index (χ1v) is 7.98. The van der Waals surface area contributed by atoms with Crippen molar-refractivity contribution >= 4 is 28.6 Å². The Morgan fingerprint density at radius 1 is 1.55 bits per heavy atom. The van der Waals surface area contributed by atoms with E-state index in [4.69, 9.17) is 15.1 Å². The summed E-state index contributed by atoms with van der Waals surface area (Å²) in [5, 5.41) is 20.6. The number of amidine groups is 1. The average molecular weight is 321 g/mol. The van der Waals surface area contributed by atoms with Crippen LogP contribution < -0.4 is 10.1 Å². The van der Waals surface area contributed by atoms with Crippen molar-refractivity contribution in [3.8, 4) is 11.9 Å². The second-order valence-electron chi connectivity index (χ2n) is 4.88. The molecule has 1 rings (SSSR count). The van der Waals surface area contributed by atoms with E-state index in [0.717, 1.165) is 6.42 Å². The first-order valence-electron chi connectivity index (χ1n) is 6.75. The molecule has 0 saturated heterocycles. The van der Waals surface area contributed by atoms with Crippen LogP contribution >= 0.6 is 11.8 Å². The van der Waals surface area contributed by atoms with Gasteiger partial charge in [0.15, 0.2) is 11.4 Å². The number of aliphatic imine (C=N–C) groups is 1. The minimum absolute atomic E-state index is 0.118. The van der Waals surface area contributed by atoms with Gasteiger partial charge in [-0.2, -0.15) is 5.26 Å². The largest absolute Gasteiger partial charge is 0.491 e. The Balaban J connectivity index is 3.09. The molecule has 0 amide bonds. The van der Waals surface area contributed by atoms with Gasteiger partial charge in [0, 0.05) is 0 Å². The first kappa shape index (κ1) is 17.9. The van der Waals surface area contributed by atoms with E-state index < -0.39 is 5.97 Å². The third-order valence-corrected chi connectivity index (χ3v) is 3.32. The van der Waals surface area contributed by atoms with Gasteiger partial charge in [0.05, 0.1) is 12.2 Å². The number of ether oxygens (including phenoxy) is 1. The van der Waals surface area contributed by atoms with Crippen LogP contribution in [-0.4, -0.2) is 29.1 Å². The van der Waals surface area contributed by atoms with Crippen LogP contribution in [0.3, 0.4) is 0 Å². The van der Waals surface area contributed by atoms with Crippen LogP contribution in [0, 0.1) is 17.4 Å². The molecular formula is C15H19N3O3S. The zero-order chi connectivity index (χ0) is 16.5. The highest BCUT2D eigenvalue weighted by Crippen LogP contribution is 2.30. The molecule has 0 aromatic heterocycles. The van der Waals surface area contributed by atoms with Crippen LogP contribution in [0.5, 0.6) is 5.75 Å². The Morgan fingerprint density at radius 2 is 2.27 bits per heavy atom. The summed E-state index contributed by atoms with van der Waals surface area (Å²) in [5.74, 6) is -0.0340. The fraction of sp³-hybridized carbons (Fsp3) is 0.400. The molecular weight excluding hydrogens is 302 g/mol. The predicted molar refractivity (Wildman–Crippen MR) is 87.7 cm³/mol. The van der Waals surface area contributed by atoms with Gasteiger partial charge in [-0.15, -0.1) is 0 Å². The van der Waals surface area contributed by atoms with Crippen LogP contribution in [0.2, 0.25) is 0 Å².